The molecule has 2 aromatic carbocycles. The number of rotatable bonds is 3. The van der Waals surface area contributed by atoms with E-state index in [1.54, 1.807) is 18.3 Å². The second-order valence-electron chi connectivity index (χ2n) is 4.78. The Bertz CT molecular complexity index is 862. The van der Waals surface area contributed by atoms with Crippen molar-refractivity contribution in [3.05, 3.63) is 76.0 Å². The van der Waals surface area contributed by atoms with Gasteiger partial charge in [-0.2, -0.15) is 5.26 Å². The standard InChI is InChI=1S/C17H11Cl2N3/c18-15-6-5-12(9-16(15)19)17-21-7-8-22(17)11-14-4-2-1-3-13(14)10-20/h1-9H,11H2. The quantitative estimate of drug-likeness (QED) is 0.694. The van der Waals surface area contributed by atoms with Crippen LogP contribution in [0.4, 0.5) is 0 Å². The van der Waals surface area contributed by atoms with Crippen molar-refractivity contribution in [2.45, 2.75) is 6.54 Å². The van der Waals surface area contributed by atoms with E-state index in [9.17, 15) is 5.26 Å². The summed E-state index contributed by atoms with van der Waals surface area (Å²) < 4.78 is 1.98. The number of halogens is 2. The lowest BCUT2D eigenvalue weighted by atomic mass is 10.1. The highest BCUT2D eigenvalue weighted by Crippen LogP contribution is 2.28. The van der Waals surface area contributed by atoms with Crippen LogP contribution in [0.1, 0.15) is 11.1 Å². The SMILES string of the molecule is N#Cc1ccccc1Cn1ccnc1-c1ccc(Cl)c(Cl)c1. The Morgan fingerprint density at radius 3 is 2.68 bits per heavy atom. The predicted octanol–water partition coefficient (Wildman–Crippen LogP) is 4.78. The van der Waals surface area contributed by atoms with Gasteiger partial charge in [-0.15, -0.1) is 0 Å². The fourth-order valence-corrected chi connectivity index (χ4v) is 2.58. The van der Waals surface area contributed by atoms with Crippen molar-refractivity contribution in [1.29, 1.82) is 5.26 Å². The normalized spacial score (nSPS) is 10.4. The number of nitrogens with zero attached hydrogens (tertiary/aromatic N) is 3. The lowest BCUT2D eigenvalue weighted by Crippen LogP contribution is -2.03. The Kier molecular flexibility index (Phi) is 4.15. The van der Waals surface area contributed by atoms with Gasteiger partial charge in [0.05, 0.1) is 28.2 Å². The molecule has 0 atom stereocenters. The summed E-state index contributed by atoms with van der Waals surface area (Å²) in [6, 6.07) is 15.2. The lowest BCUT2D eigenvalue weighted by Gasteiger charge is -2.10. The molecule has 1 heterocycles. The molecular weight excluding hydrogens is 317 g/mol. The molecule has 1 aromatic heterocycles. The zero-order valence-corrected chi connectivity index (χ0v) is 13.0. The molecule has 3 aromatic rings. The summed E-state index contributed by atoms with van der Waals surface area (Å²) in [5.74, 6) is 0.784. The van der Waals surface area contributed by atoms with Crippen LogP contribution in [0.2, 0.25) is 10.0 Å². The van der Waals surface area contributed by atoms with Gasteiger partial charge in [0, 0.05) is 18.0 Å². The first-order valence-corrected chi connectivity index (χ1v) is 7.39. The molecule has 5 heteroatoms. The molecule has 3 rings (SSSR count). The molecule has 0 bridgehead atoms. The fraction of sp³-hybridized carbons (Fsp3) is 0.0588. The Morgan fingerprint density at radius 2 is 1.91 bits per heavy atom. The number of hydrogen-bond acceptors (Lipinski definition) is 2. The van der Waals surface area contributed by atoms with Crippen molar-refractivity contribution < 1.29 is 0 Å². The molecule has 0 aliphatic carbocycles. The minimum Gasteiger partial charge on any atom is -0.327 e. The topological polar surface area (TPSA) is 41.6 Å². The van der Waals surface area contributed by atoms with Gasteiger partial charge in [0.15, 0.2) is 0 Å². The second-order valence-corrected chi connectivity index (χ2v) is 5.59. The summed E-state index contributed by atoms with van der Waals surface area (Å²) in [6.07, 6.45) is 3.61. The molecule has 0 N–H and O–H groups in total. The smallest absolute Gasteiger partial charge is 0.140 e. The maximum Gasteiger partial charge on any atom is 0.140 e. The summed E-state index contributed by atoms with van der Waals surface area (Å²) >= 11 is 12.0. The van der Waals surface area contributed by atoms with E-state index in [0.29, 0.717) is 22.2 Å². The molecule has 0 aliphatic rings. The van der Waals surface area contributed by atoms with E-state index in [2.05, 4.69) is 11.1 Å². The third kappa shape index (κ3) is 2.85. The maximum absolute atomic E-state index is 9.19. The van der Waals surface area contributed by atoms with E-state index in [4.69, 9.17) is 23.2 Å². The molecular formula is C17H11Cl2N3. The van der Waals surface area contributed by atoms with Gasteiger partial charge >= 0.3 is 0 Å². The van der Waals surface area contributed by atoms with Gasteiger partial charge in [0.2, 0.25) is 0 Å². The van der Waals surface area contributed by atoms with Crippen LogP contribution in [-0.2, 0) is 6.54 Å². The van der Waals surface area contributed by atoms with Gasteiger partial charge < -0.3 is 4.57 Å². The Morgan fingerprint density at radius 1 is 1.09 bits per heavy atom. The van der Waals surface area contributed by atoms with Crippen LogP contribution in [0.3, 0.4) is 0 Å². The molecule has 0 unspecified atom stereocenters. The predicted molar refractivity (Wildman–Crippen MR) is 87.9 cm³/mol. The summed E-state index contributed by atoms with van der Waals surface area (Å²) in [4.78, 5) is 4.39. The lowest BCUT2D eigenvalue weighted by molar-refractivity contribution is 0.805. The first kappa shape index (κ1) is 14.6. The van der Waals surface area contributed by atoms with Crippen LogP contribution in [0.15, 0.2) is 54.9 Å². The number of aromatic nitrogens is 2. The van der Waals surface area contributed by atoms with Crippen LogP contribution in [-0.4, -0.2) is 9.55 Å². The van der Waals surface area contributed by atoms with Crippen LogP contribution in [0, 0.1) is 11.3 Å². The largest absolute Gasteiger partial charge is 0.327 e. The van der Waals surface area contributed by atoms with Gasteiger partial charge in [-0.3, -0.25) is 0 Å². The summed E-state index contributed by atoms with van der Waals surface area (Å²) in [6.45, 7) is 0.569. The van der Waals surface area contributed by atoms with Crippen molar-refractivity contribution in [2.24, 2.45) is 0 Å². The molecule has 0 aliphatic heterocycles. The maximum atomic E-state index is 9.19. The molecule has 0 spiro atoms. The molecule has 0 fully saturated rings. The summed E-state index contributed by atoms with van der Waals surface area (Å²) in [5, 5.41) is 10.2. The van der Waals surface area contributed by atoms with E-state index in [1.807, 2.05) is 41.1 Å². The molecule has 0 radical (unpaired) electrons. The highest BCUT2D eigenvalue weighted by molar-refractivity contribution is 6.42. The monoisotopic (exact) mass is 327 g/mol. The van der Waals surface area contributed by atoms with Gasteiger partial charge in [-0.1, -0.05) is 41.4 Å². The number of benzene rings is 2. The van der Waals surface area contributed by atoms with E-state index in [1.165, 1.54) is 0 Å². The first-order chi connectivity index (χ1) is 10.7. The first-order valence-electron chi connectivity index (χ1n) is 6.63. The minimum atomic E-state index is 0.492. The number of imidazole rings is 1. The average molecular weight is 328 g/mol. The van der Waals surface area contributed by atoms with Gasteiger partial charge in [0.1, 0.15) is 5.82 Å². The van der Waals surface area contributed by atoms with E-state index in [-0.39, 0.29) is 0 Å². The van der Waals surface area contributed by atoms with Crippen LogP contribution in [0.5, 0.6) is 0 Å². The Balaban J connectivity index is 1.99. The Labute approximate surface area is 138 Å². The van der Waals surface area contributed by atoms with E-state index >= 15 is 0 Å². The van der Waals surface area contributed by atoms with Crippen molar-refractivity contribution in [2.75, 3.05) is 0 Å². The van der Waals surface area contributed by atoms with Gasteiger partial charge in [-0.25, -0.2) is 4.98 Å². The van der Waals surface area contributed by atoms with Crippen molar-refractivity contribution >= 4 is 23.2 Å². The Hall–Kier alpha value is -2.28. The highest BCUT2D eigenvalue weighted by atomic mass is 35.5. The van der Waals surface area contributed by atoms with Crippen molar-refractivity contribution in [1.82, 2.24) is 9.55 Å². The zero-order valence-electron chi connectivity index (χ0n) is 11.5. The number of nitriles is 1. The van der Waals surface area contributed by atoms with Crippen molar-refractivity contribution in [3.8, 4) is 17.5 Å². The second kappa shape index (κ2) is 6.23. The molecule has 0 saturated carbocycles. The summed E-state index contributed by atoms with van der Waals surface area (Å²) in [7, 11) is 0. The average Bonchev–Trinajstić information content (AvgIpc) is 2.99. The van der Waals surface area contributed by atoms with Crippen LogP contribution in [0.25, 0.3) is 11.4 Å². The highest BCUT2D eigenvalue weighted by Gasteiger charge is 2.10. The van der Waals surface area contributed by atoms with Gasteiger partial charge in [0.25, 0.3) is 0 Å². The van der Waals surface area contributed by atoms with Gasteiger partial charge in [-0.05, 0) is 29.8 Å². The molecule has 0 saturated heterocycles. The molecule has 0 amide bonds. The third-order valence-electron chi connectivity index (χ3n) is 3.37. The number of hydrogen-bond donors (Lipinski definition) is 0. The summed E-state index contributed by atoms with van der Waals surface area (Å²) in [5.41, 5.74) is 2.49. The third-order valence-corrected chi connectivity index (χ3v) is 4.11. The van der Waals surface area contributed by atoms with E-state index in [0.717, 1.165) is 17.0 Å². The fourth-order valence-electron chi connectivity index (χ4n) is 2.28. The molecule has 3 nitrogen and oxygen atoms in total. The van der Waals surface area contributed by atoms with E-state index < -0.39 is 0 Å². The van der Waals surface area contributed by atoms with Crippen molar-refractivity contribution in [3.63, 3.8) is 0 Å². The minimum absolute atomic E-state index is 0.492. The van der Waals surface area contributed by atoms with Crippen LogP contribution < -0.4 is 0 Å². The zero-order chi connectivity index (χ0) is 15.5. The van der Waals surface area contributed by atoms with Crippen LogP contribution >= 0.6 is 23.2 Å². The molecule has 22 heavy (non-hydrogen) atoms. The molecule has 108 valence electrons.